The Morgan fingerprint density at radius 2 is 1.96 bits per heavy atom. The number of likely N-dealkylation sites (N-methyl/N-ethyl adjacent to an activating group) is 1. The SMILES string of the molecule is COc1ccc(OC)c(S(=O)(=O)N(C)CC(=O)N/N=C/c2cccc(F)c2)c1. The van der Waals surface area contributed by atoms with Crippen LogP contribution in [0, 0.1) is 5.82 Å². The zero-order chi connectivity index (χ0) is 20.7. The Morgan fingerprint density at radius 1 is 1.21 bits per heavy atom. The van der Waals surface area contributed by atoms with Crippen LogP contribution in [0.25, 0.3) is 0 Å². The molecule has 8 nitrogen and oxygen atoms in total. The van der Waals surface area contributed by atoms with Crippen molar-refractivity contribution in [3.63, 3.8) is 0 Å². The molecule has 0 saturated carbocycles. The lowest BCUT2D eigenvalue weighted by atomic mass is 10.2. The standard InChI is InChI=1S/C18H20FN3O5S/c1-22(12-18(23)21-20-11-13-5-4-6-14(19)9-13)28(24,25)17-10-15(26-2)7-8-16(17)27-3/h4-11H,12H2,1-3H3,(H,21,23)/b20-11+. The van der Waals surface area contributed by atoms with Crippen LogP contribution in [-0.4, -0.2) is 52.7 Å². The van der Waals surface area contributed by atoms with Gasteiger partial charge in [0, 0.05) is 13.1 Å². The van der Waals surface area contributed by atoms with Gasteiger partial charge in [-0.2, -0.15) is 9.41 Å². The summed E-state index contributed by atoms with van der Waals surface area (Å²) in [6.07, 6.45) is 1.25. The van der Waals surface area contributed by atoms with E-state index >= 15 is 0 Å². The van der Waals surface area contributed by atoms with Gasteiger partial charge < -0.3 is 9.47 Å². The number of nitrogens with zero attached hydrogens (tertiary/aromatic N) is 2. The van der Waals surface area contributed by atoms with Crippen molar-refractivity contribution in [1.82, 2.24) is 9.73 Å². The molecule has 0 bridgehead atoms. The van der Waals surface area contributed by atoms with Crippen LogP contribution < -0.4 is 14.9 Å². The Kier molecular flexibility index (Phi) is 7.07. The molecule has 0 unspecified atom stereocenters. The number of halogens is 1. The third-order valence-electron chi connectivity index (χ3n) is 3.68. The summed E-state index contributed by atoms with van der Waals surface area (Å²) in [6.45, 7) is -0.483. The molecule has 0 aliphatic heterocycles. The normalized spacial score (nSPS) is 11.6. The van der Waals surface area contributed by atoms with E-state index in [1.54, 1.807) is 12.1 Å². The van der Waals surface area contributed by atoms with Gasteiger partial charge in [0.05, 0.1) is 27.0 Å². The van der Waals surface area contributed by atoms with Gasteiger partial charge in [0.2, 0.25) is 10.0 Å². The largest absolute Gasteiger partial charge is 0.497 e. The monoisotopic (exact) mass is 409 g/mol. The first-order chi connectivity index (χ1) is 13.3. The van der Waals surface area contributed by atoms with Crippen molar-refractivity contribution in [1.29, 1.82) is 0 Å². The molecule has 0 aromatic heterocycles. The van der Waals surface area contributed by atoms with E-state index in [0.717, 1.165) is 4.31 Å². The lowest BCUT2D eigenvalue weighted by Gasteiger charge is -2.18. The Hall–Kier alpha value is -2.98. The molecule has 10 heteroatoms. The van der Waals surface area contributed by atoms with Crippen LogP contribution in [0.5, 0.6) is 11.5 Å². The molecule has 0 aliphatic carbocycles. The highest BCUT2D eigenvalue weighted by Gasteiger charge is 2.27. The van der Waals surface area contributed by atoms with Gasteiger partial charge in [-0.3, -0.25) is 4.79 Å². The topological polar surface area (TPSA) is 97.3 Å². The molecule has 1 N–H and O–H groups in total. The molecule has 2 aromatic carbocycles. The fourth-order valence-corrected chi connectivity index (χ4v) is 3.54. The Labute approximate surface area is 162 Å². The molecule has 0 heterocycles. The van der Waals surface area contributed by atoms with Gasteiger partial charge in [-0.15, -0.1) is 0 Å². The third-order valence-corrected chi connectivity index (χ3v) is 5.50. The van der Waals surface area contributed by atoms with Crippen LogP contribution in [0.2, 0.25) is 0 Å². The van der Waals surface area contributed by atoms with Crippen LogP contribution in [0.4, 0.5) is 4.39 Å². The predicted octanol–water partition coefficient (Wildman–Crippen LogP) is 1.61. The molecule has 0 saturated heterocycles. The number of amides is 1. The van der Waals surface area contributed by atoms with Crippen LogP contribution in [-0.2, 0) is 14.8 Å². The average molecular weight is 409 g/mol. The van der Waals surface area contributed by atoms with E-state index in [-0.39, 0.29) is 10.6 Å². The van der Waals surface area contributed by atoms with Crippen molar-refractivity contribution >= 4 is 22.1 Å². The van der Waals surface area contributed by atoms with Crippen molar-refractivity contribution in [2.75, 3.05) is 27.8 Å². The van der Waals surface area contributed by atoms with Crippen molar-refractivity contribution in [3.05, 3.63) is 53.8 Å². The van der Waals surface area contributed by atoms with Crippen LogP contribution in [0.15, 0.2) is 52.5 Å². The number of ether oxygens (including phenoxy) is 2. The molecule has 1 amide bonds. The number of nitrogens with one attached hydrogen (secondary N) is 1. The molecular weight excluding hydrogens is 389 g/mol. The summed E-state index contributed by atoms with van der Waals surface area (Å²) < 4.78 is 49.7. The van der Waals surface area contributed by atoms with E-state index in [4.69, 9.17) is 9.47 Å². The van der Waals surface area contributed by atoms with Crippen LogP contribution >= 0.6 is 0 Å². The van der Waals surface area contributed by atoms with Gasteiger partial charge in [0.1, 0.15) is 22.2 Å². The lowest BCUT2D eigenvalue weighted by Crippen LogP contribution is -2.36. The maximum absolute atomic E-state index is 13.1. The molecular formula is C18H20FN3O5S. The highest BCUT2D eigenvalue weighted by Crippen LogP contribution is 2.30. The molecule has 0 fully saturated rings. The van der Waals surface area contributed by atoms with Gasteiger partial charge in [-0.05, 0) is 29.8 Å². The molecule has 0 spiro atoms. The minimum Gasteiger partial charge on any atom is -0.497 e. The molecule has 0 aliphatic rings. The van der Waals surface area contributed by atoms with Crippen molar-refractivity contribution in [2.24, 2.45) is 5.10 Å². The summed E-state index contributed by atoms with van der Waals surface area (Å²) in [5.74, 6) is -0.650. The lowest BCUT2D eigenvalue weighted by molar-refractivity contribution is -0.121. The Morgan fingerprint density at radius 3 is 2.61 bits per heavy atom. The fourth-order valence-electron chi connectivity index (χ4n) is 2.24. The number of carbonyl (C=O) groups excluding carboxylic acids is 1. The number of methoxy groups -OCH3 is 2. The van der Waals surface area contributed by atoms with Crippen molar-refractivity contribution in [3.8, 4) is 11.5 Å². The number of benzene rings is 2. The third kappa shape index (κ3) is 5.27. The summed E-state index contributed by atoms with van der Waals surface area (Å²) in [5, 5.41) is 3.69. The molecule has 2 rings (SSSR count). The van der Waals surface area contributed by atoms with Crippen molar-refractivity contribution in [2.45, 2.75) is 4.90 Å². The number of carbonyl (C=O) groups is 1. The highest BCUT2D eigenvalue weighted by molar-refractivity contribution is 7.89. The average Bonchev–Trinajstić information content (AvgIpc) is 2.67. The van der Waals surface area contributed by atoms with E-state index in [2.05, 4.69) is 10.5 Å². The second-order valence-corrected chi connectivity index (χ2v) is 7.64. The summed E-state index contributed by atoms with van der Waals surface area (Å²) in [6, 6.07) is 9.95. The minimum absolute atomic E-state index is 0.122. The number of hydrazone groups is 1. The predicted molar refractivity (Wildman–Crippen MR) is 101 cm³/mol. The van der Waals surface area contributed by atoms with E-state index in [0.29, 0.717) is 11.3 Å². The summed E-state index contributed by atoms with van der Waals surface area (Å²) in [5.41, 5.74) is 2.65. The summed E-state index contributed by atoms with van der Waals surface area (Å²) in [4.78, 5) is 11.9. The van der Waals surface area contributed by atoms with Crippen LogP contribution in [0.3, 0.4) is 0 Å². The van der Waals surface area contributed by atoms with Gasteiger partial charge in [0.15, 0.2) is 0 Å². The second-order valence-electron chi connectivity index (χ2n) is 5.63. The molecule has 0 radical (unpaired) electrons. The van der Waals surface area contributed by atoms with Crippen molar-refractivity contribution < 1.29 is 27.1 Å². The molecule has 0 atom stereocenters. The zero-order valence-electron chi connectivity index (χ0n) is 15.5. The zero-order valence-corrected chi connectivity index (χ0v) is 16.4. The number of hydrogen-bond acceptors (Lipinski definition) is 6. The highest BCUT2D eigenvalue weighted by atomic mass is 32.2. The quantitative estimate of drug-likeness (QED) is 0.528. The first-order valence-electron chi connectivity index (χ1n) is 8.03. The van der Waals surface area contributed by atoms with E-state index in [1.165, 1.54) is 57.8 Å². The van der Waals surface area contributed by atoms with Gasteiger partial charge in [-0.1, -0.05) is 12.1 Å². The maximum Gasteiger partial charge on any atom is 0.255 e. The van der Waals surface area contributed by atoms with E-state index in [9.17, 15) is 17.6 Å². The smallest absolute Gasteiger partial charge is 0.255 e. The Balaban J connectivity index is 2.08. The number of sulfonamides is 1. The summed E-state index contributed by atoms with van der Waals surface area (Å²) in [7, 11) is -0.0214. The summed E-state index contributed by atoms with van der Waals surface area (Å²) >= 11 is 0. The molecule has 150 valence electrons. The number of hydrogen-bond donors (Lipinski definition) is 1. The van der Waals surface area contributed by atoms with Gasteiger partial charge >= 0.3 is 0 Å². The molecule has 2 aromatic rings. The van der Waals surface area contributed by atoms with Crippen LogP contribution in [0.1, 0.15) is 5.56 Å². The molecule has 28 heavy (non-hydrogen) atoms. The van der Waals surface area contributed by atoms with Gasteiger partial charge in [-0.25, -0.2) is 18.2 Å². The second kappa shape index (κ2) is 9.29. The maximum atomic E-state index is 13.1. The first-order valence-corrected chi connectivity index (χ1v) is 9.47. The number of rotatable bonds is 8. The van der Waals surface area contributed by atoms with E-state index < -0.39 is 28.3 Å². The minimum atomic E-state index is -4.03. The first kappa shape index (κ1) is 21.3. The fraction of sp³-hybridized carbons (Fsp3) is 0.222. The van der Waals surface area contributed by atoms with Gasteiger partial charge in [0.25, 0.3) is 5.91 Å². The Bertz CT molecular complexity index is 979. The van der Waals surface area contributed by atoms with E-state index in [1.807, 2.05) is 0 Å².